The van der Waals surface area contributed by atoms with Crippen LogP contribution >= 0.6 is 0 Å². The normalized spacial score (nSPS) is 20.0. The first-order valence-electron chi connectivity index (χ1n) is 7.86. The van der Waals surface area contributed by atoms with Gasteiger partial charge < -0.3 is 14.2 Å². The van der Waals surface area contributed by atoms with Gasteiger partial charge in [-0.25, -0.2) is 0 Å². The Bertz CT molecular complexity index is 345. The van der Waals surface area contributed by atoms with Gasteiger partial charge in [0.1, 0.15) is 0 Å². The first kappa shape index (κ1) is 18.2. The van der Waals surface area contributed by atoms with E-state index in [9.17, 15) is 4.79 Å². The van der Waals surface area contributed by atoms with Crippen molar-refractivity contribution in [3.05, 3.63) is 12.2 Å². The van der Waals surface area contributed by atoms with E-state index in [1.807, 2.05) is 6.92 Å². The van der Waals surface area contributed by atoms with Crippen LogP contribution in [-0.4, -0.2) is 32.1 Å². The van der Waals surface area contributed by atoms with E-state index in [-0.39, 0.29) is 5.97 Å². The zero-order valence-electron chi connectivity index (χ0n) is 13.9. The molecular formula is C17H30O4. The lowest BCUT2D eigenvalue weighted by molar-refractivity contribution is -0.148. The van der Waals surface area contributed by atoms with Crippen LogP contribution in [0.3, 0.4) is 0 Å². The highest BCUT2D eigenvalue weighted by atomic mass is 16.7. The topological polar surface area (TPSA) is 44.8 Å². The Labute approximate surface area is 128 Å². The zero-order chi connectivity index (χ0) is 15.9. The van der Waals surface area contributed by atoms with Crippen molar-refractivity contribution in [2.45, 2.75) is 58.7 Å². The maximum atomic E-state index is 11.3. The third-order valence-electron chi connectivity index (χ3n) is 4.29. The van der Waals surface area contributed by atoms with Crippen molar-refractivity contribution < 1.29 is 19.0 Å². The maximum Gasteiger partial charge on any atom is 0.305 e. The van der Waals surface area contributed by atoms with E-state index in [0.717, 1.165) is 25.7 Å². The van der Waals surface area contributed by atoms with Gasteiger partial charge in [-0.1, -0.05) is 19.1 Å². The fourth-order valence-electron chi connectivity index (χ4n) is 2.73. The van der Waals surface area contributed by atoms with Crippen LogP contribution in [0.15, 0.2) is 12.2 Å². The summed E-state index contributed by atoms with van der Waals surface area (Å²) in [5.74, 6) is 0.240. The van der Waals surface area contributed by atoms with Crippen LogP contribution in [0.1, 0.15) is 52.9 Å². The molecule has 4 nitrogen and oxygen atoms in total. The Hall–Kier alpha value is -0.870. The minimum Gasteiger partial charge on any atom is -0.469 e. The van der Waals surface area contributed by atoms with Gasteiger partial charge in [0, 0.05) is 12.8 Å². The summed E-state index contributed by atoms with van der Waals surface area (Å²) in [6.07, 6.45) is 4.44. The predicted octanol–water partition coefficient (Wildman–Crippen LogP) is 3.70. The Morgan fingerprint density at radius 1 is 1.29 bits per heavy atom. The summed E-state index contributed by atoms with van der Waals surface area (Å²) in [5, 5.41) is 0. The number of ether oxygens (including phenoxy) is 3. The number of allylic oxidation sites excluding steroid dienone is 1. The standard InChI is InChI=1S/C17H30O4/c1-13(2)15(7-6-14(3)12-16(18)19-5)8-9-17(4)20-10-11-21-17/h14-15H,1,6-12H2,2-5H3/t14?,15-/m0/s1. The quantitative estimate of drug-likeness (QED) is 0.481. The third-order valence-corrected chi connectivity index (χ3v) is 4.29. The summed E-state index contributed by atoms with van der Waals surface area (Å²) in [4.78, 5) is 11.3. The van der Waals surface area contributed by atoms with Gasteiger partial charge in [0.25, 0.3) is 0 Å². The molecule has 1 saturated heterocycles. The molecule has 0 aromatic heterocycles. The smallest absolute Gasteiger partial charge is 0.305 e. The molecule has 0 bridgehead atoms. The number of rotatable bonds is 9. The van der Waals surface area contributed by atoms with Crippen LogP contribution in [0, 0.1) is 11.8 Å². The molecule has 0 aliphatic carbocycles. The molecule has 0 amide bonds. The molecule has 1 aliphatic heterocycles. The van der Waals surface area contributed by atoms with Crippen LogP contribution in [-0.2, 0) is 19.0 Å². The first-order chi connectivity index (χ1) is 9.86. The lowest BCUT2D eigenvalue weighted by Gasteiger charge is -2.26. The van der Waals surface area contributed by atoms with Crippen molar-refractivity contribution in [3.8, 4) is 0 Å². The summed E-state index contributed by atoms with van der Waals surface area (Å²) in [7, 11) is 1.44. The Balaban J connectivity index is 2.36. The fraction of sp³-hybridized carbons (Fsp3) is 0.824. The molecule has 4 heteroatoms. The van der Waals surface area contributed by atoms with Gasteiger partial charge in [-0.05, 0) is 44.9 Å². The van der Waals surface area contributed by atoms with E-state index in [0.29, 0.717) is 31.5 Å². The van der Waals surface area contributed by atoms with Gasteiger partial charge >= 0.3 is 5.97 Å². The molecule has 0 saturated carbocycles. The van der Waals surface area contributed by atoms with Crippen LogP contribution in [0.5, 0.6) is 0 Å². The van der Waals surface area contributed by atoms with Gasteiger partial charge in [0.2, 0.25) is 0 Å². The average molecular weight is 298 g/mol. The molecular weight excluding hydrogens is 268 g/mol. The fourth-order valence-corrected chi connectivity index (χ4v) is 2.73. The number of esters is 1. The van der Waals surface area contributed by atoms with Crippen molar-refractivity contribution in [2.75, 3.05) is 20.3 Å². The number of hydrogen-bond acceptors (Lipinski definition) is 4. The third kappa shape index (κ3) is 6.62. The van der Waals surface area contributed by atoms with Gasteiger partial charge in [-0.15, -0.1) is 0 Å². The zero-order valence-corrected chi connectivity index (χ0v) is 13.9. The van der Waals surface area contributed by atoms with Crippen LogP contribution < -0.4 is 0 Å². The monoisotopic (exact) mass is 298 g/mol. The molecule has 122 valence electrons. The maximum absolute atomic E-state index is 11.3. The Morgan fingerprint density at radius 3 is 2.43 bits per heavy atom. The number of methoxy groups -OCH3 is 1. The Morgan fingerprint density at radius 2 is 1.90 bits per heavy atom. The lowest BCUT2D eigenvalue weighted by atomic mass is 9.87. The second kappa shape index (κ2) is 8.54. The molecule has 0 N–H and O–H groups in total. The second-order valence-corrected chi connectivity index (χ2v) is 6.38. The number of carbonyl (C=O) groups excluding carboxylic acids is 1. The number of carbonyl (C=O) groups is 1. The van der Waals surface area contributed by atoms with Gasteiger partial charge in [0.05, 0.1) is 20.3 Å². The van der Waals surface area contributed by atoms with Crippen LogP contribution in [0.25, 0.3) is 0 Å². The predicted molar refractivity (Wildman–Crippen MR) is 82.9 cm³/mol. The average Bonchev–Trinajstić information content (AvgIpc) is 2.85. The minimum absolute atomic E-state index is 0.130. The molecule has 1 aliphatic rings. The van der Waals surface area contributed by atoms with E-state index < -0.39 is 5.79 Å². The summed E-state index contributed by atoms with van der Waals surface area (Å²) in [6, 6.07) is 0. The summed E-state index contributed by atoms with van der Waals surface area (Å²) in [6.45, 7) is 11.7. The lowest BCUT2D eigenvalue weighted by Crippen LogP contribution is -2.26. The summed E-state index contributed by atoms with van der Waals surface area (Å²) >= 11 is 0. The largest absolute Gasteiger partial charge is 0.469 e. The molecule has 1 fully saturated rings. The van der Waals surface area contributed by atoms with E-state index in [1.54, 1.807) is 0 Å². The van der Waals surface area contributed by atoms with E-state index in [2.05, 4.69) is 20.4 Å². The van der Waals surface area contributed by atoms with Crippen molar-refractivity contribution in [2.24, 2.45) is 11.8 Å². The van der Waals surface area contributed by atoms with Crippen molar-refractivity contribution in [1.82, 2.24) is 0 Å². The highest BCUT2D eigenvalue weighted by molar-refractivity contribution is 5.69. The molecule has 2 atom stereocenters. The second-order valence-electron chi connectivity index (χ2n) is 6.38. The molecule has 0 aromatic rings. The SMILES string of the molecule is C=C(C)[C@@H](CCC(C)CC(=O)OC)CCC1(C)OCCO1. The molecule has 1 heterocycles. The molecule has 1 unspecified atom stereocenters. The van der Waals surface area contributed by atoms with Crippen molar-refractivity contribution >= 4 is 5.97 Å². The van der Waals surface area contributed by atoms with Crippen molar-refractivity contribution in [3.63, 3.8) is 0 Å². The van der Waals surface area contributed by atoms with Crippen molar-refractivity contribution in [1.29, 1.82) is 0 Å². The highest BCUT2D eigenvalue weighted by Crippen LogP contribution is 2.31. The van der Waals surface area contributed by atoms with E-state index >= 15 is 0 Å². The molecule has 1 rings (SSSR count). The van der Waals surface area contributed by atoms with Gasteiger partial charge in [-0.3, -0.25) is 4.79 Å². The van der Waals surface area contributed by atoms with Crippen LogP contribution in [0.2, 0.25) is 0 Å². The molecule has 0 spiro atoms. The molecule has 0 aromatic carbocycles. The van der Waals surface area contributed by atoms with Gasteiger partial charge in [0.15, 0.2) is 5.79 Å². The molecule has 0 radical (unpaired) electrons. The first-order valence-corrected chi connectivity index (χ1v) is 7.86. The van der Waals surface area contributed by atoms with E-state index in [1.165, 1.54) is 12.7 Å². The summed E-state index contributed by atoms with van der Waals surface area (Å²) in [5.41, 5.74) is 1.20. The summed E-state index contributed by atoms with van der Waals surface area (Å²) < 4.78 is 16.0. The molecule has 21 heavy (non-hydrogen) atoms. The minimum atomic E-state index is -0.425. The number of hydrogen-bond donors (Lipinski definition) is 0. The van der Waals surface area contributed by atoms with Crippen LogP contribution in [0.4, 0.5) is 0 Å². The van der Waals surface area contributed by atoms with Gasteiger partial charge in [-0.2, -0.15) is 0 Å². The van der Waals surface area contributed by atoms with E-state index in [4.69, 9.17) is 14.2 Å². The Kier molecular flexibility index (Phi) is 7.40. The highest BCUT2D eigenvalue weighted by Gasteiger charge is 2.31.